The molecule has 0 aliphatic carbocycles. The summed E-state index contributed by atoms with van der Waals surface area (Å²) >= 11 is 0. The second-order valence-corrected chi connectivity index (χ2v) is 6.30. The van der Waals surface area contributed by atoms with Gasteiger partial charge in [0.1, 0.15) is 11.5 Å². The highest BCUT2D eigenvalue weighted by molar-refractivity contribution is 6.04. The molecule has 0 bridgehead atoms. The topological polar surface area (TPSA) is 51.0 Å². The van der Waals surface area contributed by atoms with E-state index in [4.69, 9.17) is 0 Å². The van der Waals surface area contributed by atoms with Crippen molar-refractivity contribution in [2.75, 3.05) is 11.9 Å². The molecule has 0 saturated heterocycles. The summed E-state index contributed by atoms with van der Waals surface area (Å²) in [6.45, 7) is 8.18. The number of anilines is 1. The molecule has 2 rings (SSSR count). The summed E-state index contributed by atoms with van der Waals surface area (Å²) in [6.07, 6.45) is 1.69. The third kappa shape index (κ3) is 2.96. The van der Waals surface area contributed by atoms with Crippen LogP contribution in [0, 0.1) is 6.92 Å². The normalized spacial score (nSPS) is 11.5. The molecule has 0 radical (unpaired) electrons. The van der Waals surface area contributed by atoms with E-state index in [9.17, 15) is 4.79 Å². The van der Waals surface area contributed by atoms with Gasteiger partial charge in [-0.3, -0.25) is 14.4 Å². The molecule has 0 saturated carbocycles. The van der Waals surface area contributed by atoms with Crippen LogP contribution in [0.2, 0.25) is 0 Å². The van der Waals surface area contributed by atoms with E-state index in [-0.39, 0.29) is 11.3 Å². The van der Waals surface area contributed by atoms with Gasteiger partial charge in [0, 0.05) is 25.7 Å². The molecule has 0 aliphatic rings. The Morgan fingerprint density at radius 2 is 2.00 bits per heavy atom. The Bertz CT molecular complexity index is 667. The monoisotopic (exact) mass is 286 g/mol. The summed E-state index contributed by atoms with van der Waals surface area (Å²) in [5, 5.41) is 4.45. The van der Waals surface area contributed by atoms with Crippen molar-refractivity contribution in [3.8, 4) is 0 Å². The molecule has 1 amide bonds. The van der Waals surface area contributed by atoms with Crippen LogP contribution < -0.4 is 4.90 Å². The second kappa shape index (κ2) is 5.31. The molecule has 0 N–H and O–H groups in total. The third-order valence-electron chi connectivity index (χ3n) is 3.47. The van der Waals surface area contributed by atoms with Crippen molar-refractivity contribution in [2.24, 2.45) is 7.05 Å². The summed E-state index contributed by atoms with van der Waals surface area (Å²) in [5.74, 6) is 0.559. The fraction of sp³-hybridized carbons (Fsp3) is 0.438. The van der Waals surface area contributed by atoms with Gasteiger partial charge >= 0.3 is 0 Å². The Hall–Kier alpha value is -2.17. The van der Waals surface area contributed by atoms with Crippen molar-refractivity contribution in [3.05, 3.63) is 41.3 Å². The van der Waals surface area contributed by atoms with Crippen LogP contribution in [0.5, 0.6) is 0 Å². The second-order valence-electron chi connectivity index (χ2n) is 6.30. The molecule has 0 atom stereocenters. The lowest BCUT2D eigenvalue weighted by Crippen LogP contribution is -2.29. The maximum absolute atomic E-state index is 12.7. The van der Waals surface area contributed by atoms with E-state index in [2.05, 4.69) is 30.9 Å². The molecule has 5 heteroatoms. The number of aryl methyl sites for hydroxylation is 2. The summed E-state index contributed by atoms with van der Waals surface area (Å²) in [7, 11) is 3.53. The van der Waals surface area contributed by atoms with Crippen LogP contribution >= 0.6 is 0 Å². The molecule has 2 heterocycles. The van der Waals surface area contributed by atoms with Crippen LogP contribution in [0.25, 0.3) is 0 Å². The first kappa shape index (κ1) is 15.2. The first-order valence-electron chi connectivity index (χ1n) is 6.96. The Morgan fingerprint density at radius 3 is 2.52 bits per heavy atom. The molecule has 0 aliphatic heterocycles. The molecular formula is C16H22N4O. The zero-order valence-corrected chi connectivity index (χ0v) is 13.5. The SMILES string of the molecule is Cc1cccnc1N(C)C(=O)c1cc(C(C)(C)C)nn1C. The van der Waals surface area contributed by atoms with Crippen LogP contribution in [-0.4, -0.2) is 27.7 Å². The Labute approximate surface area is 125 Å². The number of nitrogens with zero attached hydrogens (tertiary/aromatic N) is 4. The van der Waals surface area contributed by atoms with Crippen LogP contribution in [0.3, 0.4) is 0 Å². The van der Waals surface area contributed by atoms with Gasteiger partial charge in [-0.1, -0.05) is 26.8 Å². The smallest absolute Gasteiger partial charge is 0.277 e. The average Bonchev–Trinajstić information content (AvgIpc) is 2.80. The van der Waals surface area contributed by atoms with E-state index in [0.717, 1.165) is 11.3 Å². The fourth-order valence-electron chi connectivity index (χ4n) is 2.13. The van der Waals surface area contributed by atoms with Crippen molar-refractivity contribution >= 4 is 11.7 Å². The lowest BCUT2D eigenvalue weighted by atomic mass is 9.92. The largest absolute Gasteiger partial charge is 0.294 e. The van der Waals surface area contributed by atoms with Crippen molar-refractivity contribution in [1.82, 2.24) is 14.8 Å². The number of amides is 1. The highest BCUT2D eigenvalue weighted by Crippen LogP contribution is 2.23. The first-order chi connectivity index (χ1) is 9.71. The lowest BCUT2D eigenvalue weighted by Gasteiger charge is -2.17. The number of hydrogen-bond donors (Lipinski definition) is 0. The minimum Gasteiger partial charge on any atom is -0.294 e. The molecule has 0 unspecified atom stereocenters. The van der Waals surface area contributed by atoms with E-state index < -0.39 is 0 Å². The van der Waals surface area contributed by atoms with Crippen molar-refractivity contribution in [1.29, 1.82) is 0 Å². The maximum atomic E-state index is 12.7. The van der Waals surface area contributed by atoms with E-state index in [1.54, 1.807) is 29.9 Å². The van der Waals surface area contributed by atoms with E-state index in [0.29, 0.717) is 11.5 Å². The minimum absolute atomic E-state index is 0.0875. The first-order valence-corrected chi connectivity index (χ1v) is 6.96. The molecule has 112 valence electrons. The van der Waals surface area contributed by atoms with Gasteiger partial charge in [-0.15, -0.1) is 0 Å². The summed E-state index contributed by atoms with van der Waals surface area (Å²) in [5.41, 5.74) is 2.34. The minimum atomic E-state index is -0.109. The van der Waals surface area contributed by atoms with E-state index >= 15 is 0 Å². The summed E-state index contributed by atoms with van der Waals surface area (Å²) in [4.78, 5) is 18.5. The maximum Gasteiger partial charge on any atom is 0.277 e. The van der Waals surface area contributed by atoms with Gasteiger partial charge in [-0.05, 0) is 24.6 Å². The number of pyridine rings is 1. The van der Waals surface area contributed by atoms with Crippen LogP contribution in [0.4, 0.5) is 5.82 Å². The standard InChI is InChI=1S/C16H22N4O/c1-11-8-7-9-17-14(11)19(5)15(21)12-10-13(16(2,3)4)18-20(12)6/h7-10H,1-6H3. The Balaban J connectivity index is 2.37. The van der Waals surface area contributed by atoms with Gasteiger partial charge < -0.3 is 0 Å². The van der Waals surface area contributed by atoms with Crippen LogP contribution in [0.15, 0.2) is 24.4 Å². The fourth-order valence-corrected chi connectivity index (χ4v) is 2.13. The van der Waals surface area contributed by atoms with Gasteiger partial charge in [0.05, 0.1) is 5.69 Å². The lowest BCUT2D eigenvalue weighted by molar-refractivity contribution is 0.0983. The van der Waals surface area contributed by atoms with Gasteiger partial charge in [0.2, 0.25) is 0 Å². The van der Waals surface area contributed by atoms with E-state index in [1.807, 2.05) is 25.1 Å². The zero-order chi connectivity index (χ0) is 15.8. The molecule has 21 heavy (non-hydrogen) atoms. The molecule has 5 nitrogen and oxygen atoms in total. The van der Waals surface area contributed by atoms with Gasteiger partial charge in [-0.25, -0.2) is 4.98 Å². The van der Waals surface area contributed by atoms with Gasteiger partial charge in [-0.2, -0.15) is 5.10 Å². The van der Waals surface area contributed by atoms with Gasteiger partial charge in [0.15, 0.2) is 0 Å². The molecule has 0 aromatic carbocycles. The summed E-state index contributed by atoms with van der Waals surface area (Å²) in [6, 6.07) is 5.66. The zero-order valence-electron chi connectivity index (χ0n) is 13.5. The molecule has 2 aromatic heterocycles. The van der Waals surface area contributed by atoms with Crippen molar-refractivity contribution in [3.63, 3.8) is 0 Å². The average molecular weight is 286 g/mol. The molecular weight excluding hydrogens is 264 g/mol. The third-order valence-corrected chi connectivity index (χ3v) is 3.47. The van der Waals surface area contributed by atoms with Crippen molar-refractivity contribution in [2.45, 2.75) is 33.1 Å². The van der Waals surface area contributed by atoms with Crippen molar-refractivity contribution < 1.29 is 4.79 Å². The Kier molecular flexibility index (Phi) is 3.85. The Morgan fingerprint density at radius 1 is 1.33 bits per heavy atom. The number of rotatable bonds is 2. The van der Waals surface area contributed by atoms with Crippen LogP contribution in [0.1, 0.15) is 42.5 Å². The predicted octanol–water partition coefficient (Wildman–Crippen LogP) is 2.70. The number of hydrogen-bond acceptors (Lipinski definition) is 3. The number of carbonyl (C=O) groups is 1. The molecule has 0 fully saturated rings. The van der Waals surface area contributed by atoms with Gasteiger partial charge in [0.25, 0.3) is 5.91 Å². The summed E-state index contributed by atoms with van der Waals surface area (Å²) < 4.78 is 1.64. The van der Waals surface area contributed by atoms with E-state index in [1.165, 1.54) is 0 Å². The van der Waals surface area contributed by atoms with Crippen LogP contribution in [-0.2, 0) is 12.5 Å². The highest BCUT2D eigenvalue weighted by Gasteiger charge is 2.24. The molecule has 2 aromatic rings. The highest BCUT2D eigenvalue weighted by atomic mass is 16.2. The predicted molar refractivity (Wildman–Crippen MR) is 83.6 cm³/mol. The number of carbonyl (C=O) groups excluding carboxylic acids is 1. The molecule has 0 spiro atoms. The number of aromatic nitrogens is 3. The quantitative estimate of drug-likeness (QED) is 0.853.